The van der Waals surface area contributed by atoms with Gasteiger partial charge in [0.2, 0.25) is 0 Å². The molecule has 2 rings (SSSR count). The number of nitrogens with one attached hydrogen (secondary N) is 1. The van der Waals surface area contributed by atoms with Gasteiger partial charge in [-0.3, -0.25) is 4.90 Å². The summed E-state index contributed by atoms with van der Waals surface area (Å²) in [6.45, 7) is 13.8. The summed E-state index contributed by atoms with van der Waals surface area (Å²) in [6, 6.07) is 12.0. The van der Waals surface area contributed by atoms with Crippen molar-refractivity contribution >= 4 is 0 Å². The van der Waals surface area contributed by atoms with Gasteiger partial charge in [0.05, 0.1) is 0 Å². The minimum Gasteiger partial charge on any atom is -0.311 e. The molecule has 1 aromatic carbocycles. The van der Waals surface area contributed by atoms with Gasteiger partial charge in [-0.05, 0) is 38.7 Å². The van der Waals surface area contributed by atoms with Crippen LogP contribution in [0.15, 0.2) is 30.3 Å². The molecule has 0 spiro atoms. The van der Waals surface area contributed by atoms with Gasteiger partial charge in [0.25, 0.3) is 0 Å². The first-order valence-corrected chi connectivity index (χ1v) is 7.93. The molecule has 2 heteroatoms. The summed E-state index contributed by atoms with van der Waals surface area (Å²) in [6.07, 6.45) is 1.26. The Morgan fingerprint density at radius 2 is 1.85 bits per heavy atom. The SMILES string of the molecule is CC(C)CC1CN(C(C)(C)C)C(c2ccccc2)CN1. The second-order valence-electron chi connectivity index (χ2n) is 7.48. The monoisotopic (exact) mass is 274 g/mol. The number of hydrogen-bond acceptors (Lipinski definition) is 2. The minimum atomic E-state index is 0.206. The summed E-state index contributed by atoms with van der Waals surface area (Å²) in [4.78, 5) is 2.67. The van der Waals surface area contributed by atoms with E-state index in [9.17, 15) is 0 Å². The summed E-state index contributed by atoms with van der Waals surface area (Å²) < 4.78 is 0. The zero-order valence-electron chi connectivity index (χ0n) is 13.7. The minimum absolute atomic E-state index is 0.206. The standard InChI is InChI=1S/C18H30N2/c1-14(2)11-16-13-20(18(3,4)5)17(12-19-16)15-9-7-6-8-10-15/h6-10,14,16-17,19H,11-13H2,1-5H3. The molecule has 20 heavy (non-hydrogen) atoms. The van der Waals surface area contributed by atoms with E-state index < -0.39 is 0 Å². The molecule has 1 fully saturated rings. The van der Waals surface area contributed by atoms with Gasteiger partial charge < -0.3 is 5.32 Å². The summed E-state index contributed by atoms with van der Waals surface area (Å²) in [7, 11) is 0. The fourth-order valence-corrected chi connectivity index (χ4v) is 3.26. The average Bonchev–Trinajstić information content (AvgIpc) is 2.38. The molecule has 0 bridgehead atoms. The first-order chi connectivity index (χ1) is 9.38. The Labute approximate surface area is 124 Å². The van der Waals surface area contributed by atoms with Crippen molar-refractivity contribution in [3.05, 3.63) is 35.9 Å². The van der Waals surface area contributed by atoms with Crippen molar-refractivity contribution in [3.63, 3.8) is 0 Å². The molecule has 1 N–H and O–H groups in total. The van der Waals surface area contributed by atoms with Gasteiger partial charge in [-0.2, -0.15) is 0 Å². The van der Waals surface area contributed by atoms with Gasteiger partial charge in [-0.15, -0.1) is 0 Å². The van der Waals surface area contributed by atoms with Crippen LogP contribution < -0.4 is 5.32 Å². The highest BCUT2D eigenvalue weighted by atomic mass is 15.3. The van der Waals surface area contributed by atoms with E-state index in [0.717, 1.165) is 19.0 Å². The highest BCUT2D eigenvalue weighted by molar-refractivity contribution is 5.21. The fourth-order valence-electron chi connectivity index (χ4n) is 3.26. The van der Waals surface area contributed by atoms with Gasteiger partial charge in [0.15, 0.2) is 0 Å². The second-order valence-corrected chi connectivity index (χ2v) is 7.48. The quantitative estimate of drug-likeness (QED) is 0.900. The maximum Gasteiger partial charge on any atom is 0.0478 e. The molecule has 1 aliphatic heterocycles. The highest BCUT2D eigenvalue weighted by Gasteiger charge is 2.35. The lowest BCUT2D eigenvalue weighted by Gasteiger charge is -2.48. The molecule has 0 aromatic heterocycles. The van der Waals surface area contributed by atoms with E-state index in [1.54, 1.807) is 0 Å². The Morgan fingerprint density at radius 1 is 1.20 bits per heavy atom. The van der Waals surface area contributed by atoms with Crippen LogP contribution >= 0.6 is 0 Å². The molecule has 1 aliphatic rings. The van der Waals surface area contributed by atoms with Crippen molar-refractivity contribution in [1.82, 2.24) is 10.2 Å². The van der Waals surface area contributed by atoms with Crippen molar-refractivity contribution in [2.45, 2.75) is 58.7 Å². The first-order valence-electron chi connectivity index (χ1n) is 7.93. The molecule has 1 aromatic rings. The molecule has 0 aliphatic carbocycles. The normalized spacial score (nSPS) is 25.1. The Kier molecular flexibility index (Phi) is 4.87. The van der Waals surface area contributed by atoms with Crippen molar-refractivity contribution in [2.24, 2.45) is 5.92 Å². The van der Waals surface area contributed by atoms with Crippen LogP contribution in [0, 0.1) is 5.92 Å². The molecular weight excluding hydrogens is 244 g/mol. The van der Waals surface area contributed by atoms with Gasteiger partial charge >= 0.3 is 0 Å². The van der Waals surface area contributed by atoms with Crippen LogP contribution in [-0.2, 0) is 0 Å². The lowest BCUT2D eigenvalue weighted by Crippen LogP contribution is -2.58. The molecule has 0 saturated carbocycles. The first kappa shape index (κ1) is 15.5. The van der Waals surface area contributed by atoms with E-state index in [4.69, 9.17) is 0 Å². The van der Waals surface area contributed by atoms with Crippen molar-refractivity contribution in [1.29, 1.82) is 0 Å². The Bertz CT molecular complexity index is 405. The Hall–Kier alpha value is -0.860. The molecule has 0 radical (unpaired) electrons. The number of benzene rings is 1. The third-order valence-electron chi connectivity index (χ3n) is 4.20. The number of piperazine rings is 1. The molecule has 2 nitrogen and oxygen atoms in total. The van der Waals surface area contributed by atoms with Crippen molar-refractivity contribution in [2.75, 3.05) is 13.1 Å². The predicted molar refractivity (Wildman–Crippen MR) is 86.9 cm³/mol. The Balaban J connectivity index is 2.17. The second kappa shape index (κ2) is 6.28. The molecule has 0 amide bonds. The van der Waals surface area contributed by atoms with Crippen LogP contribution in [0.1, 0.15) is 52.6 Å². The topological polar surface area (TPSA) is 15.3 Å². The van der Waals surface area contributed by atoms with Gasteiger partial charge in [-0.1, -0.05) is 44.2 Å². The van der Waals surface area contributed by atoms with Crippen molar-refractivity contribution < 1.29 is 0 Å². The van der Waals surface area contributed by atoms with Crippen LogP contribution in [0.2, 0.25) is 0 Å². The molecule has 2 atom stereocenters. The van der Waals surface area contributed by atoms with E-state index in [1.165, 1.54) is 12.0 Å². The number of rotatable bonds is 3. The molecule has 1 saturated heterocycles. The van der Waals surface area contributed by atoms with E-state index in [-0.39, 0.29) is 5.54 Å². The van der Waals surface area contributed by atoms with Gasteiger partial charge in [0.1, 0.15) is 0 Å². The van der Waals surface area contributed by atoms with Gasteiger partial charge in [-0.25, -0.2) is 0 Å². The molecule has 2 unspecified atom stereocenters. The summed E-state index contributed by atoms with van der Waals surface area (Å²) >= 11 is 0. The van der Waals surface area contributed by atoms with E-state index in [1.807, 2.05) is 0 Å². The van der Waals surface area contributed by atoms with Crippen LogP contribution in [0.25, 0.3) is 0 Å². The zero-order chi connectivity index (χ0) is 14.8. The Morgan fingerprint density at radius 3 is 2.40 bits per heavy atom. The van der Waals surface area contributed by atoms with Gasteiger partial charge in [0, 0.05) is 30.7 Å². The highest BCUT2D eigenvalue weighted by Crippen LogP contribution is 2.31. The fraction of sp³-hybridized carbons (Fsp3) is 0.667. The summed E-state index contributed by atoms with van der Waals surface area (Å²) in [5.74, 6) is 0.752. The lowest BCUT2D eigenvalue weighted by molar-refractivity contribution is 0.0363. The maximum absolute atomic E-state index is 3.76. The maximum atomic E-state index is 3.76. The number of nitrogens with zero attached hydrogens (tertiary/aromatic N) is 1. The molecule has 112 valence electrons. The smallest absolute Gasteiger partial charge is 0.0478 e. The number of hydrogen-bond donors (Lipinski definition) is 1. The van der Waals surface area contributed by atoms with Crippen molar-refractivity contribution in [3.8, 4) is 0 Å². The van der Waals surface area contributed by atoms with E-state index in [2.05, 4.69) is 75.2 Å². The largest absolute Gasteiger partial charge is 0.311 e. The lowest BCUT2D eigenvalue weighted by atomic mass is 9.92. The zero-order valence-corrected chi connectivity index (χ0v) is 13.7. The molecule has 1 heterocycles. The van der Waals surface area contributed by atoms with E-state index in [0.29, 0.717) is 12.1 Å². The van der Waals surface area contributed by atoms with Crippen LogP contribution in [-0.4, -0.2) is 29.6 Å². The summed E-state index contributed by atoms with van der Waals surface area (Å²) in [5.41, 5.74) is 1.63. The van der Waals surface area contributed by atoms with Crippen LogP contribution in [0.4, 0.5) is 0 Å². The predicted octanol–water partition coefficient (Wildman–Crippen LogP) is 3.85. The van der Waals surface area contributed by atoms with Crippen LogP contribution in [0.3, 0.4) is 0 Å². The van der Waals surface area contributed by atoms with E-state index >= 15 is 0 Å². The molecular formula is C18H30N2. The third-order valence-corrected chi connectivity index (χ3v) is 4.20. The summed E-state index contributed by atoms with van der Waals surface area (Å²) in [5, 5.41) is 3.76. The third kappa shape index (κ3) is 3.83. The van der Waals surface area contributed by atoms with Crippen LogP contribution in [0.5, 0.6) is 0 Å². The average molecular weight is 274 g/mol.